The molecule has 0 aliphatic heterocycles. The van der Waals surface area contributed by atoms with Gasteiger partial charge < -0.3 is 14.4 Å². The van der Waals surface area contributed by atoms with Crippen molar-refractivity contribution in [3.63, 3.8) is 0 Å². The van der Waals surface area contributed by atoms with Crippen molar-refractivity contribution in [2.24, 2.45) is 7.05 Å². The topological polar surface area (TPSA) is 69.5 Å². The lowest BCUT2D eigenvalue weighted by atomic mass is 9.98. The van der Waals surface area contributed by atoms with Crippen molar-refractivity contribution in [3.05, 3.63) is 65.6 Å². The van der Waals surface area contributed by atoms with Gasteiger partial charge >= 0.3 is 6.09 Å². The van der Waals surface area contributed by atoms with Crippen LogP contribution in [0.3, 0.4) is 0 Å². The normalized spacial score (nSPS) is 14.1. The Hall–Kier alpha value is -3.49. The van der Waals surface area contributed by atoms with Crippen molar-refractivity contribution >= 4 is 6.09 Å². The first-order valence-corrected chi connectivity index (χ1v) is 11.4. The van der Waals surface area contributed by atoms with Crippen LogP contribution in [0.15, 0.2) is 42.7 Å². The fraction of sp³-hybridized carbons (Fsp3) is 0.400. The molecule has 1 saturated carbocycles. The first-order chi connectivity index (χ1) is 16.4. The first kappa shape index (κ1) is 23.7. The van der Waals surface area contributed by atoms with E-state index in [-0.39, 0.29) is 24.8 Å². The van der Waals surface area contributed by atoms with E-state index in [4.69, 9.17) is 9.47 Å². The number of amides is 1. The predicted molar refractivity (Wildman–Crippen MR) is 122 cm³/mol. The summed E-state index contributed by atoms with van der Waals surface area (Å²) in [5, 5.41) is 4.31. The van der Waals surface area contributed by atoms with Crippen LogP contribution in [0.1, 0.15) is 43.4 Å². The third kappa shape index (κ3) is 5.70. The van der Waals surface area contributed by atoms with Crippen molar-refractivity contribution in [1.29, 1.82) is 0 Å². The van der Waals surface area contributed by atoms with Crippen molar-refractivity contribution in [2.45, 2.75) is 51.4 Å². The summed E-state index contributed by atoms with van der Waals surface area (Å²) >= 11 is 0. The fourth-order valence-electron chi connectivity index (χ4n) is 4.04. The summed E-state index contributed by atoms with van der Waals surface area (Å²) in [5.74, 6) is -0.484. The van der Waals surface area contributed by atoms with Crippen molar-refractivity contribution in [2.75, 3.05) is 7.05 Å². The molecular weight excluding hydrogens is 442 g/mol. The summed E-state index contributed by atoms with van der Waals surface area (Å²) in [6, 6.07) is 6.81. The molecule has 180 valence electrons. The van der Waals surface area contributed by atoms with E-state index in [9.17, 15) is 13.6 Å². The van der Waals surface area contributed by atoms with Crippen LogP contribution < -0.4 is 4.74 Å². The van der Waals surface area contributed by atoms with Gasteiger partial charge in [-0.05, 0) is 56.0 Å². The van der Waals surface area contributed by atoms with Crippen LogP contribution in [0.5, 0.6) is 5.75 Å². The highest BCUT2D eigenvalue weighted by molar-refractivity contribution is 5.68. The molecule has 0 atom stereocenters. The van der Waals surface area contributed by atoms with Gasteiger partial charge in [-0.1, -0.05) is 6.42 Å². The van der Waals surface area contributed by atoms with Crippen LogP contribution >= 0.6 is 0 Å². The van der Waals surface area contributed by atoms with Gasteiger partial charge in [0, 0.05) is 25.2 Å². The molecule has 34 heavy (non-hydrogen) atoms. The van der Waals surface area contributed by atoms with Crippen LogP contribution in [-0.2, 0) is 24.9 Å². The molecule has 0 N–H and O–H groups in total. The number of aryl methyl sites for hydroxylation is 1. The van der Waals surface area contributed by atoms with Crippen LogP contribution in [0, 0.1) is 11.6 Å². The summed E-state index contributed by atoms with van der Waals surface area (Å²) in [6.07, 6.45) is 8.80. The number of ether oxygens (including phenoxy) is 2. The fourth-order valence-corrected chi connectivity index (χ4v) is 4.04. The molecule has 1 aromatic carbocycles. The predicted octanol–water partition coefficient (Wildman–Crippen LogP) is 5.24. The maximum Gasteiger partial charge on any atom is 0.410 e. The SMILES string of the molecule is CN(Cc1c(-c2ccc(OC3CCCCC3)cn2)cnn1C)C(=O)OCc1cc(F)ccc1F. The second-order valence-corrected chi connectivity index (χ2v) is 8.53. The lowest BCUT2D eigenvalue weighted by Gasteiger charge is -2.22. The molecule has 3 aromatic rings. The van der Waals surface area contributed by atoms with Gasteiger partial charge in [0.2, 0.25) is 0 Å². The summed E-state index contributed by atoms with van der Waals surface area (Å²) in [6.45, 7) is -0.173. The van der Waals surface area contributed by atoms with E-state index < -0.39 is 17.7 Å². The first-order valence-electron chi connectivity index (χ1n) is 11.4. The molecule has 4 rings (SSSR count). The quantitative estimate of drug-likeness (QED) is 0.472. The Morgan fingerprint density at radius 2 is 1.94 bits per heavy atom. The molecule has 7 nitrogen and oxygen atoms in total. The van der Waals surface area contributed by atoms with Gasteiger partial charge in [0.15, 0.2) is 0 Å². The molecule has 1 amide bonds. The highest BCUT2D eigenvalue weighted by Gasteiger charge is 2.19. The third-order valence-electron chi connectivity index (χ3n) is 5.99. The summed E-state index contributed by atoms with van der Waals surface area (Å²) < 4.78 is 40.0. The number of nitrogens with zero attached hydrogens (tertiary/aromatic N) is 4. The summed E-state index contributed by atoms with van der Waals surface area (Å²) in [5.41, 5.74) is 2.22. The molecule has 2 heterocycles. The Labute approximate surface area is 197 Å². The molecule has 1 aliphatic carbocycles. The van der Waals surface area contributed by atoms with Crippen molar-refractivity contribution in [3.8, 4) is 17.0 Å². The van der Waals surface area contributed by atoms with Gasteiger partial charge in [-0.3, -0.25) is 9.67 Å². The molecule has 9 heteroatoms. The number of rotatable bonds is 7. The number of pyridine rings is 1. The van der Waals surface area contributed by atoms with Gasteiger partial charge in [0.25, 0.3) is 0 Å². The Bertz CT molecular complexity index is 1130. The molecule has 1 aliphatic rings. The van der Waals surface area contributed by atoms with E-state index in [1.807, 2.05) is 12.1 Å². The molecule has 0 spiro atoms. The average molecular weight is 471 g/mol. The van der Waals surface area contributed by atoms with Gasteiger partial charge in [0.05, 0.1) is 36.4 Å². The monoisotopic (exact) mass is 470 g/mol. The maximum absolute atomic E-state index is 13.8. The minimum Gasteiger partial charge on any atom is -0.489 e. The molecular formula is C25H28F2N4O3. The van der Waals surface area contributed by atoms with Gasteiger partial charge in [-0.2, -0.15) is 5.10 Å². The number of hydrogen-bond acceptors (Lipinski definition) is 5. The molecule has 0 unspecified atom stereocenters. The zero-order chi connectivity index (χ0) is 24.1. The number of benzene rings is 1. The maximum atomic E-state index is 13.8. The molecule has 0 saturated heterocycles. The van der Waals surface area contributed by atoms with E-state index in [1.165, 1.54) is 24.2 Å². The molecule has 1 fully saturated rings. The molecule has 0 radical (unpaired) electrons. The lowest BCUT2D eigenvalue weighted by molar-refractivity contribution is 0.101. The Morgan fingerprint density at radius 3 is 2.68 bits per heavy atom. The van der Waals surface area contributed by atoms with Crippen LogP contribution in [-0.4, -0.2) is 38.9 Å². The molecule has 2 aromatic heterocycles. The molecule has 0 bridgehead atoms. The lowest BCUT2D eigenvalue weighted by Crippen LogP contribution is -2.28. The van der Waals surface area contributed by atoms with E-state index in [0.717, 1.165) is 48.0 Å². The van der Waals surface area contributed by atoms with Crippen LogP contribution in [0.25, 0.3) is 11.3 Å². The van der Waals surface area contributed by atoms with Gasteiger partial charge in [-0.15, -0.1) is 0 Å². The second-order valence-electron chi connectivity index (χ2n) is 8.53. The average Bonchev–Trinajstić information content (AvgIpc) is 3.20. The van der Waals surface area contributed by atoms with Crippen molar-refractivity contribution < 1.29 is 23.0 Å². The highest BCUT2D eigenvalue weighted by Crippen LogP contribution is 2.27. The van der Waals surface area contributed by atoms with Gasteiger partial charge in [0.1, 0.15) is 24.0 Å². The summed E-state index contributed by atoms with van der Waals surface area (Å²) in [7, 11) is 3.34. The smallest absolute Gasteiger partial charge is 0.410 e. The number of halogens is 2. The zero-order valence-electron chi connectivity index (χ0n) is 19.3. The second kappa shape index (κ2) is 10.6. The standard InChI is InChI=1S/C25H28F2N4O3/c1-30(25(32)33-16-17-12-18(26)8-10-22(17)27)15-24-21(14-29-31(24)2)23-11-9-20(13-28-23)34-19-6-4-3-5-7-19/h8-14,19H,3-7,15-16H2,1-2H3. The number of carbonyl (C=O) groups is 1. The van der Waals surface area contributed by atoms with E-state index in [2.05, 4.69) is 10.1 Å². The number of hydrogen-bond donors (Lipinski definition) is 0. The Kier molecular flexibility index (Phi) is 7.40. The Morgan fingerprint density at radius 1 is 1.15 bits per heavy atom. The van der Waals surface area contributed by atoms with E-state index >= 15 is 0 Å². The zero-order valence-corrected chi connectivity index (χ0v) is 19.3. The minimum absolute atomic E-state index is 0.0253. The minimum atomic E-state index is -0.667. The number of carbonyl (C=O) groups excluding carboxylic acids is 1. The van der Waals surface area contributed by atoms with Gasteiger partial charge in [-0.25, -0.2) is 13.6 Å². The Balaban J connectivity index is 1.39. The van der Waals surface area contributed by atoms with Crippen molar-refractivity contribution in [1.82, 2.24) is 19.7 Å². The summed E-state index contributed by atoms with van der Waals surface area (Å²) in [4.78, 5) is 18.3. The van der Waals surface area contributed by atoms with Crippen LogP contribution in [0.2, 0.25) is 0 Å². The third-order valence-corrected chi connectivity index (χ3v) is 5.99. The van der Waals surface area contributed by atoms with Crippen LogP contribution in [0.4, 0.5) is 13.6 Å². The largest absolute Gasteiger partial charge is 0.489 e. The van der Waals surface area contributed by atoms with E-state index in [1.54, 1.807) is 31.2 Å². The number of aromatic nitrogens is 3. The highest BCUT2D eigenvalue weighted by atomic mass is 19.1. The van der Waals surface area contributed by atoms with E-state index in [0.29, 0.717) is 5.69 Å².